The maximum Gasteiger partial charge on any atom is 0.146 e. The first-order valence-corrected chi connectivity index (χ1v) is 6.31. The normalized spacial score (nSPS) is 32.4. The van der Waals surface area contributed by atoms with Crippen LogP contribution in [0, 0.1) is 5.82 Å². The summed E-state index contributed by atoms with van der Waals surface area (Å²) < 4.78 is 13.8. The first-order chi connectivity index (χ1) is 8.79. The molecule has 3 fully saturated rings. The largest absolute Gasteiger partial charge is 0.299 e. The number of rotatable bonds is 3. The number of pyridine rings is 1. The summed E-state index contributed by atoms with van der Waals surface area (Å²) in [6.45, 7) is 5.22. The lowest BCUT2D eigenvalue weighted by atomic mass is 9.95. The fourth-order valence-corrected chi connectivity index (χ4v) is 3.02. The molecule has 0 saturated carbocycles. The molecule has 98 valence electrons. The molecule has 3 saturated heterocycles. The number of piperazine rings is 3. The van der Waals surface area contributed by atoms with E-state index >= 15 is 0 Å². The second-order valence-corrected chi connectivity index (χ2v) is 4.95. The van der Waals surface area contributed by atoms with Gasteiger partial charge in [-0.15, -0.1) is 0 Å². The maximum absolute atomic E-state index is 13.8. The van der Waals surface area contributed by atoms with E-state index in [1.54, 1.807) is 12.3 Å². The molecule has 4 heterocycles. The number of hydrazine groups is 1. The van der Waals surface area contributed by atoms with Gasteiger partial charge >= 0.3 is 0 Å². The Bertz CT molecular complexity index is 419. The molecule has 2 bridgehead atoms. The van der Waals surface area contributed by atoms with Crippen LogP contribution in [0.1, 0.15) is 11.6 Å². The molecular formula is C12H18FN5. The lowest BCUT2D eigenvalue weighted by Gasteiger charge is -2.50. The third-order valence-electron chi connectivity index (χ3n) is 4.02. The smallest absolute Gasteiger partial charge is 0.146 e. The summed E-state index contributed by atoms with van der Waals surface area (Å²) in [6, 6.07) is 1.75. The van der Waals surface area contributed by atoms with Crippen molar-refractivity contribution < 1.29 is 4.39 Å². The molecule has 5 nitrogen and oxygen atoms in total. The lowest BCUT2D eigenvalue weighted by molar-refractivity contribution is -0.00421. The third-order valence-corrected chi connectivity index (χ3v) is 4.02. The number of hydrogen-bond acceptors (Lipinski definition) is 5. The van der Waals surface area contributed by atoms with Gasteiger partial charge in [0.05, 0.1) is 12.2 Å². The van der Waals surface area contributed by atoms with E-state index in [4.69, 9.17) is 5.84 Å². The fraction of sp³-hybridized carbons (Fsp3) is 0.583. The van der Waals surface area contributed by atoms with E-state index in [1.807, 2.05) is 0 Å². The maximum atomic E-state index is 13.8. The number of halogens is 1. The van der Waals surface area contributed by atoms with Crippen LogP contribution in [0.25, 0.3) is 0 Å². The molecule has 2 unspecified atom stereocenters. The number of nitrogens with two attached hydrogens (primary N) is 1. The lowest BCUT2D eigenvalue weighted by Crippen LogP contribution is -2.64. The van der Waals surface area contributed by atoms with Gasteiger partial charge < -0.3 is 0 Å². The zero-order chi connectivity index (χ0) is 12.5. The molecule has 0 aromatic carbocycles. The highest BCUT2D eigenvalue weighted by Gasteiger charge is 2.37. The van der Waals surface area contributed by atoms with E-state index in [2.05, 4.69) is 20.2 Å². The van der Waals surface area contributed by atoms with E-state index in [9.17, 15) is 4.39 Å². The molecule has 1 aromatic heterocycles. The van der Waals surface area contributed by atoms with Crippen molar-refractivity contribution in [2.24, 2.45) is 5.84 Å². The van der Waals surface area contributed by atoms with Crippen molar-refractivity contribution in [3.8, 4) is 0 Å². The van der Waals surface area contributed by atoms with Crippen molar-refractivity contribution >= 4 is 0 Å². The third kappa shape index (κ3) is 2.01. The number of aromatic nitrogens is 1. The standard InChI is InChI=1S/C12H18FN5/c13-10-7-15-2-1-9(10)12(16-14)11-8-17-3-5-18(11)6-4-17/h1-2,7,11-12,16H,3-6,8,14H2. The summed E-state index contributed by atoms with van der Waals surface area (Å²) in [5.41, 5.74) is 3.38. The highest BCUT2D eigenvalue weighted by atomic mass is 19.1. The predicted molar refractivity (Wildman–Crippen MR) is 66.1 cm³/mol. The van der Waals surface area contributed by atoms with Crippen LogP contribution < -0.4 is 11.3 Å². The molecule has 3 aliphatic heterocycles. The summed E-state index contributed by atoms with van der Waals surface area (Å²) >= 11 is 0. The van der Waals surface area contributed by atoms with Crippen molar-refractivity contribution in [1.29, 1.82) is 0 Å². The fourth-order valence-electron chi connectivity index (χ4n) is 3.02. The van der Waals surface area contributed by atoms with Crippen LogP contribution in [0.5, 0.6) is 0 Å². The highest BCUT2D eigenvalue weighted by Crippen LogP contribution is 2.27. The van der Waals surface area contributed by atoms with Gasteiger partial charge in [0.2, 0.25) is 0 Å². The van der Waals surface area contributed by atoms with E-state index in [0.717, 1.165) is 32.7 Å². The monoisotopic (exact) mass is 251 g/mol. The molecule has 6 heteroatoms. The van der Waals surface area contributed by atoms with Crippen LogP contribution in [-0.4, -0.2) is 53.5 Å². The zero-order valence-electron chi connectivity index (χ0n) is 10.2. The Labute approximate surface area is 106 Å². The van der Waals surface area contributed by atoms with Gasteiger partial charge in [0.15, 0.2) is 0 Å². The minimum Gasteiger partial charge on any atom is -0.299 e. The molecule has 3 N–H and O–H groups in total. The first-order valence-electron chi connectivity index (χ1n) is 6.31. The van der Waals surface area contributed by atoms with Crippen LogP contribution in [0.3, 0.4) is 0 Å². The Balaban J connectivity index is 1.87. The van der Waals surface area contributed by atoms with Gasteiger partial charge in [0.1, 0.15) is 5.82 Å². The Kier molecular flexibility index (Phi) is 3.25. The minimum absolute atomic E-state index is 0.184. The van der Waals surface area contributed by atoms with Crippen molar-refractivity contribution in [1.82, 2.24) is 20.2 Å². The molecule has 3 aliphatic rings. The Morgan fingerprint density at radius 1 is 1.39 bits per heavy atom. The molecule has 4 rings (SSSR count). The van der Waals surface area contributed by atoms with Crippen LogP contribution in [0.2, 0.25) is 0 Å². The van der Waals surface area contributed by atoms with Gasteiger partial charge in [-0.25, -0.2) is 4.39 Å². The van der Waals surface area contributed by atoms with Crippen molar-refractivity contribution in [3.63, 3.8) is 0 Å². The Morgan fingerprint density at radius 3 is 2.72 bits per heavy atom. The van der Waals surface area contributed by atoms with E-state index in [1.165, 1.54) is 6.20 Å². The summed E-state index contributed by atoms with van der Waals surface area (Å²) in [4.78, 5) is 8.59. The summed E-state index contributed by atoms with van der Waals surface area (Å²) in [5, 5.41) is 0. The van der Waals surface area contributed by atoms with E-state index in [-0.39, 0.29) is 17.9 Å². The van der Waals surface area contributed by atoms with Crippen LogP contribution >= 0.6 is 0 Å². The second-order valence-electron chi connectivity index (χ2n) is 4.95. The predicted octanol–water partition coefficient (Wildman–Crippen LogP) is -0.275. The van der Waals surface area contributed by atoms with Crippen LogP contribution in [0.4, 0.5) is 4.39 Å². The minimum atomic E-state index is -0.293. The van der Waals surface area contributed by atoms with Gasteiger partial charge in [0.25, 0.3) is 0 Å². The van der Waals surface area contributed by atoms with Crippen LogP contribution in [0.15, 0.2) is 18.5 Å². The Morgan fingerprint density at radius 2 is 2.17 bits per heavy atom. The van der Waals surface area contributed by atoms with Crippen molar-refractivity contribution in [3.05, 3.63) is 29.8 Å². The van der Waals surface area contributed by atoms with Gasteiger partial charge in [-0.3, -0.25) is 26.1 Å². The number of hydrogen-bond donors (Lipinski definition) is 2. The quantitative estimate of drug-likeness (QED) is 0.572. The summed E-state index contributed by atoms with van der Waals surface area (Å²) in [6.07, 6.45) is 2.86. The van der Waals surface area contributed by atoms with Gasteiger partial charge in [-0.1, -0.05) is 0 Å². The molecule has 0 aliphatic carbocycles. The average molecular weight is 251 g/mol. The molecule has 18 heavy (non-hydrogen) atoms. The van der Waals surface area contributed by atoms with Crippen molar-refractivity contribution in [2.75, 3.05) is 32.7 Å². The number of nitrogens with one attached hydrogen (secondary N) is 1. The molecule has 0 spiro atoms. The van der Waals surface area contributed by atoms with Crippen LogP contribution in [-0.2, 0) is 0 Å². The molecule has 0 radical (unpaired) electrons. The SMILES string of the molecule is NNC(c1ccncc1F)C1CN2CCN1CC2. The van der Waals surface area contributed by atoms with Gasteiger partial charge in [-0.2, -0.15) is 0 Å². The van der Waals surface area contributed by atoms with Crippen molar-refractivity contribution in [2.45, 2.75) is 12.1 Å². The average Bonchev–Trinajstić information content (AvgIpc) is 2.43. The zero-order valence-corrected chi connectivity index (χ0v) is 10.2. The topological polar surface area (TPSA) is 57.4 Å². The van der Waals surface area contributed by atoms with Gasteiger partial charge in [-0.05, 0) is 6.07 Å². The number of fused-ring (bicyclic) bond motifs is 3. The summed E-state index contributed by atoms with van der Waals surface area (Å²) in [7, 11) is 0. The summed E-state index contributed by atoms with van der Waals surface area (Å²) in [5.74, 6) is 5.36. The van der Waals surface area contributed by atoms with E-state index in [0.29, 0.717) is 5.56 Å². The molecule has 0 amide bonds. The first kappa shape index (κ1) is 12.0. The van der Waals surface area contributed by atoms with Gasteiger partial charge in [0, 0.05) is 50.5 Å². The van der Waals surface area contributed by atoms with E-state index < -0.39 is 0 Å². The molecular weight excluding hydrogens is 233 g/mol. The highest BCUT2D eigenvalue weighted by molar-refractivity contribution is 5.20. The molecule has 1 aromatic rings. The number of nitrogens with zero attached hydrogens (tertiary/aromatic N) is 3. The second kappa shape index (κ2) is 4.89. The molecule has 2 atom stereocenters. The Hall–Kier alpha value is -1.08.